The zero-order valence-electron chi connectivity index (χ0n) is 29.6. The van der Waals surface area contributed by atoms with Gasteiger partial charge in [0.05, 0.1) is 38.7 Å². The summed E-state index contributed by atoms with van der Waals surface area (Å²) in [5.74, 6) is 0. The Morgan fingerprint density at radius 3 is 1.57 bits per heavy atom. The molecule has 3 heterocycles. The maximum Gasteiger partial charge on any atom is 0.265 e. The summed E-state index contributed by atoms with van der Waals surface area (Å²) in [6.07, 6.45) is 0. The fourth-order valence-corrected chi connectivity index (χ4v) is 8.76. The molecule has 8 aromatic carbocycles. The van der Waals surface area contributed by atoms with E-state index in [-0.39, 0.29) is 5.56 Å². The van der Waals surface area contributed by atoms with E-state index >= 15 is 4.79 Å². The summed E-state index contributed by atoms with van der Waals surface area (Å²) in [5.41, 5.74) is 11.2. The second-order valence-electron chi connectivity index (χ2n) is 14.1. The van der Waals surface area contributed by atoms with Crippen LogP contribution in [0.4, 0.5) is 0 Å². The summed E-state index contributed by atoms with van der Waals surface area (Å²) in [4.78, 5) is 15.9. The minimum Gasteiger partial charge on any atom is -0.308 e. The van der Waals surface area contributed by atoms with Crippen LogP contribution >= 0.6 is 0 Å². The molecule has 0 amide bonds. The van der Waals surface area contributed by atoms with E-state index < -0.39 is 0 Å². The lowest BCUT2D eigenvalue weighted by atomic mass is 10.00. The summed E-state index contributed by atoms with van der Waals surface area (Å²) < 4.78 is 6.62. The lowest BCUT2D eigenvalue weighted by Gasteiger charge is -2.19. The summed E-state index contributed by atoms with van der Waals surface area (Å²) in [5, 5.41) is 7.06. The molecule has 0 unspecified atom stereocenters. The number of hydrogen-bond acceptors (Lipinski definition) is 1. The average molecular weight is 692 g/mol. The molecular weight excluding hydrogens is 659 g/mol. The number of rotatable bonds is 4. The Kier molecular flexibility index (Phi) is 6.58. The van der Waals surface area contributed by atoms with Gasteiger partial charge in [0.15, 0.2) is 0 Å². The van der Waals surface area contributed by atoms with Crippen LogP contribution < -0.4 is 5.56 Å². The highest BCUT2D eigenvalue weighted by molar-refractivity contribution is 6.27. The molecule has 3 aromatic heterocycles. The molecule has 0 atom stereocenters. The predicted molar refractivity (Wildman–Crippen MR) is 226 cm³/mol. The lowest BCUT2D eigenvalue weighted by molar-refractivity contribution is 1.05. The van der Waals surface area contributed by atoms with Gasteiger partial charge in [-0.15, -0.1) is 0 Å². The van der Waals surface area contributed by atoms with Crippen LogP contribution in [0.5, 0.6) is 0 Å². The highest BCUT2D eigenvalue weighted by atomic mass is 16.1. The minimum atomic E-state index is -0.0504. The molecule has 4 nitrogen and oxygen atoms in total. The van der Waals surface area contributed by atoms with E-state index in [1.54, 1.807) is 0 Å². The fraction of sp³-hybridized carbons (Fsp3) is 0.0200. The fourth-order valence-electron chi connectivity index (χ4n) is 8.76. The summed E-state index contributed by atoms with van der Waals surface area (Å²) in [6.45, 7) is 2.09. The van der Waals surface area contributed by atoms with Crippen molar-refractivity contribution >= 4 is 65.3 Å². The molecule has 0 bridgehead atoms. The van der Waals surface area contributed by atoms with Crippen molar-refractivity contribution in [2.45, 2.75) is 6.92 Å². The Morgan fingerprint density at radius 2 is 0.870 bits per heavy atom. The van der Waals surface area contributed by atoms with Crippen LogP contribution in [0.15, 0.2) is 187 Å². The second kappa shape index (κ2) is 11.7. The normalized spacial score (nSPS) is 11.9. The summed E-state index contributed by atoms with van der Waals surface area (Å²) >= 11 is 0. The summed E-state index contributed by atoms with van der Waals surface area (Å²) in [6, 6.07) is 63.8. The van der Waals surface area contributed by atoms with E-state index in [9.17, 15) is 0 Å². The molecule has 4 heteroatoms. The zero-order valence-corrected chi connectivity index (χ0v) is 29.6. The maximum absolute atomic E-state index is 15.9. The average Bonchev–Trinajstić information content (AvgIpc) is 3.75. The van der Waals surface area contributed by atoms with E-state index in [2.05, 4.69) is 186 Å². The van der Waals surface area contributed by atoms with Gasteiger partial charge < -0.3 is 9.13 Å². The quantitative estimate of drug-likeness (QED) is 0.169. The van der Waals surface area contributed by atoms with Gasteiger partial charge in [0, 0.05) is 43.9 Å². The van der Waals surface area contributed by atoms with Crippen LogP contribution in [0.3, 0.4) is 0 Å². The first-order valence-corrected chi connectivity index (χ1v) is 18.4. The van der Waals surface area contributed by atoms with Gasteiger partial charge >= 0.3 is 0 Å². The van der Waals surface area contributed by atoms with Crippen molar-refractivity contribution in [3.63, 3.8) is 0 Å². The van der Waals surface area contributed by atoms with Crippen LogP contribution in [-0.4, -0.2) is 13.7 Å². The highest BCUT2D eigenvalue weighted by Crippen LogP contribution is 2.43. The van der Waals surface area contributed by atoms with Crippen molar-refractivity contribution < 1.29 is 0 Å². The van der Waals surface area contributed by atoms with Crippen molar-refractivity contribution in [3.05, 3.63) is 198 Å². The van der Waals surface area contributed by atoms with Crippen LogP contribution in [-0.2, 0) is 0 Å². The van der Waals surface area contributed by atoms with Crippen LogP contribution in [0.1, 0.15) is 5.56 Å². The van der Waals surface area contributed by atoms with Crippen molar-refractivity contribution in [3.8, 4) is 28.2 Å². The smallest absolute Gasteiger partial charge is 0.265 e. The van der Waals surface area contributed by atoms with E-state index in [4.69, 9.17) is 0 Å². The number of para-hydroxylation sites is 4. The topological polar surface area (TPSA) is 31.9 Å². The Balaban J connectivity index is 1.39. The van der Waals surface area contributed by atoms with Gasteiger partial charge in [0.2, 0.25) is 0 Å². The maximum atomic E-state index is 15.9. The lowest BCUT2D eigenvalue weighted by Crippen LogP contribution is -2.20. The number of fused-ring (bicyclic) bond motifs is 11. The zero-order chi connectivity index (χ0) is 35.9. The third kappa shape index (κ3) is 4.28. The number of pyridine rings is 1. The number of benzene rings is 8. The molecule has 0 radical (unpaired) electrons. The highest BCUT2D eigenvalue weighted by Gasteiger charge is 2.25. The van der Waals surface area contributed by atoms with E-state index in [0.717, 1.165) is 93.7 Å². The third-order valence-corrected chi connectivity index (χ3v) is 11.1. The second-order valence-corrected chi connectivity index (χ2v) is 14.1. The van der Waals surface area contributed by atoms with E-state index in [1.165, 1.54) is 0 Å². The Labute approximate surface area is 311 Å². The first-order chi connectivity index (χ1) is 26.7. The molecule has 11 rings (SSSR count). The van der Waals surface area contributed by atoms with Gasteiger partial charge in [-0.25, -0.2) is 0 Å². The van der Waals surface area contributed by atoms with Gasteiger partial charge in [-0.1, -0.05) is 145 Å². The molecule has 54 heavy (non-hydrogen) atoms. The monoisotopic (exact) mass is 691 g/mol. The number of aryl methyl sites for hydroxylation is 1. The van der Waals surface area contributed by atoms with Gasteiger partial charge in [-0.05, 0) is 60.3 Å². The predicted octanol–water partition coefficient (Wildman–Crippen LogP) is 12.3. The molecule has 0 aliphatic heterocycles. The van der Waals surface area contributed by atoms with Gasteiger partial charge in [0.1, 0.15) is 0 Å². The third-order valence-electron chi connectivity index (χ3n) is 11.1. The molecule has 254 valence electrons. The van der Waals surface area contributed by atoms with Crippen molar-refractivity contribution in [2.75, 3.05) is 0 Å². The van der Waals surface area contributed by atoms with Crippen molar-refractivity contribution in [1.82, 2.24) is 13.7 Å². The number of hydrogen-bond donors (Lipinski definition) is 0. The molecule has 0 aliphatic rings. The van der Waals surface area contributed by atoms with Crippen LogP contribution in [0.25, 0.3) is 93.5 Å². The van der Waals surface area contributed by atoms with Gasteiger partial charge in [-0.2, -0.15) is 0 Å². The standard InChI is InChI=1S/C50H33N3O/c1-32-24-26-35(27-25-32)52-49-42(31-30-41-38-20-9-12-22-44(38)51(48(41)49)34-16-6-3-7-17-34)39-28-29-40-37-19-10-13-23-45(37)53(47(40)46(39)50(52)54)43-21-11-8-18-36(43)33-14-4-2-5-15-33/h2-31H,1H3. The van der Waals surface area contributed by atoms with E-state index in [0.29, 0.717) is 5.39 Å². The molecule has 0 spiro atoms. The van der Waals surface area contributed by atoms with Gasteiger partial charge in [-0.3, -0.25) is 9.36 Å². The molecule has 0 saturated carbocycles. The molecule has 0 aliphatic carbocycles. The Morgan fingerprint density at radius 1 is 0.370 bits per heavy atom. The molecule has 0 saturated heterocycles. The first kappa shape index (κ1) is 30.5. The molecule has 11 aromatic rings. The Hall–Kier alpha value is -7.17. The number of aromatic nitrogens is 3. The number of nitrogens with zero attached hydrogens (tertiary/aromatic N) is 3. The molecule has 0 fully saturated rings. The van der Waals surface area contributed by atoms with Crippen molar-refractivity contribution in [2.24, 2.45) is 0 Å². The van der Waals surface area contributed by atoms with Crippen LogP contribution in [0, 0.1) is 6.92 Å². The molecule has 0 N–H and O–H groups in total. The minimum absolute atomic E-state index is 0.0504. The van der Waals surface area contributed by atoms with E-state index in [1.807, 2.05) is 16.7 Å². The molecular formula is C50H33N3O. The van der Waals surface area contributed by atoms with Crippen molar-refractivity contribution in [1.29, 1.82) is 0 Å². The van der Waals surface area contributed by atoms with Crippen LogP contribution in [0.2, 0.25) is 0 Å². The SMILES string of the molecule is Cc1ccc(-n2c(=O)c3c(ccc4c5ccccc5n(-c5ccccc5-c5ccccc5)c43)c3ccc4c5ccccc5n(-c5ccccc5)c4c32)cc1. The first-order valence-electron chi connectivity index (χ1n) is 18.4. The van der Waals surface area contributed by atoms with Gasteiger partial charge in [0.25, 0.3) is 5.56 Å². The Bertz CT molecular complexity index is 3330. The largest absolute Gasteiger partial charge is 0.308 e. The summed E-state index contributed by atoms with van der Waals surface area (Å²) in [7, 11) is 0.